The highest BCUT2D eigenvalue weighted by Crippen LogP contribution is 2.27. The maximum absolute atomic E-state index is 12.8. The van der Waals surface area contributed by atoms with Crippen molar-refractivity contribution in [3.63, 3.8) is 0 Å². The lowest BCUT2D eigenvalue weighted by atomic mass is 10.0. The molecule has 0 aliphatic carbocycles. The van der Waals surface area contributed by atoms with E-state index in [1.165, 1.54) is 0 Å². The van der Waals surface area contributed by atoms with Gasteiger partial charge in [0.15, 0.2) is 6.61 Å². The molecule has 2 aromatic heterocycles. The van der Waals surface area contributed by atoms with Crippen molar-refractivity contribution in [2.45, 2.75) is 13.5 Å². The van der Waals surface area contributed by atoms with E-state index in [2.05, 4.69) is 15.2 Å². The van der Waals surface area contributed by atoms with E-state index in [4.69, 9.17) is 13.9 Å². The van der Waals surface area contributed by atoms with Crippen molar-refractivity contribution >= 4 is 16.9 Å². The van der Waals surface area contributed by atoms with E-state index < -0.39 is 5.97 Å². The van der Waals surface area contributed by atoms with E-state index in [0.717, 1.165) is 11.3 Å². The molecule has 2 heterocycles. The molecule has 0 fully saturated rings. The lowest BCUT2D eigenvalue weighted by Gasteiger charge is -2.10. The zero-order valence-corrected chi connectivity index (χ0v) is 15.4. The molecule has 7 nitrogen and oxygen atoms in total. The summed E-state index contributed by atoms with van der Waals surface area (Å²) in [7, 11) is 1.61. The average molecular weight is 375 g/mol. The third kappa shape index (κ3) is 3.55. The summed E-state index contributed by atoms with van der Waals surface area (Å²) in [6.45, 7) is 1.59. The summed E-state index contributed by atoms with van der Waals surface area (Å²) >= 11 is 0. The van der Waals surface area contributed by atoms with E-state index >= 15 is 0 Å². The molecule has 7 heteroatoms. The van der Waals surface area contributed by atoms with Gasteiger partial charge in [-0.05, 0) is 36.4 Å². The van der Waals surface area contributed by atoms with Gasteiger partial charge in [-0.3, -0.25) is 0 Å². The smallest absolute Gasteiger partial charge is 0.339 e. The lowest BCUT2D eigenvalue weighted by Crippen LogP contribution is -2.07. The number of para-hydroxylation sites is 1. The number of aryl methyl sites for hydroxylation is 1. The first-order valence-electron chi connectivity index (χ1n) is 8.64. The van der Waals surface area contributed by atoms with Crippen LogP contribution in [0.1, 0.15) is 22.1 Å². The van der Waals surface area contributed by atoms with Crippen molar-refractivity contribution in [2.24, 2.45) is 0 Å². The number of rotatable bonds is 5. The summed E-state index contributed by atoms with van der Waals surface area (Å²) in [6, 6.07) is 16.7. The molecular formula is C21H17N3O4. The van der Waals surface area contributed by atoms with Crippen LogP contribution in [0.25, 0.3) is 22.2 Å². The van der Waals surface area contributed by atoms with Gasteiger partial charge in [-0.2, -0.15) is 0 Å². The summed E-state index contributed by atoms with van der Waals surface area (Å²) in [5.74, 6) is 0.935. The fourth-order valence-corrected chi connectivity index (χ4v) is 2.85. The lowest BCUT2D eigenvalue weighted by molar-refractivity contribution is 0.0439. The molecule has 0 saturated heterocycles. The highest BCUT2D eigenvalue weighted by atomic mass is 16.5. The molecule has 0 N–H and O–H groups in total. The van der Waals surface area contributed by atoms with Gasteiger partial charge in [0, 0.05) is 17.9 Å². The van der Waals surface area contributed by atoms with Crippen LogP contribution in [0, 0.1) is 6.92 Å². The molecule has 0 spiro atoms. The standard InChI is InChI=1S/C21H17N3O4/c1-13-23-24-20(28-13)12-27-21(25)17-11-19(14-7-9-15(26-2)10-8-14)22-18-6-4-3-5-16(17)18/h3-11H,12H2,1-2H3. The summed E-state index contributed by atoms with van der Waals surface area (Å²) in [5, 5.41) is 8.28. The number of fused-ring (bicyclic) bond motifs is 1. The Morgan fingerprint density at radius 1 is 1.07 bits per heavy atom. The van der Waals surface area contributed by atoms with Crippen molar-refractivity contribution in [3.05, 3.63) is 71.9 Å². The second-order valence-electron chi connectivity index (χ2n) is 6.09. The number of hydrogen-bond acceptors (Lipinski definition) is 7. The summed E-state index contributed by atoms with van der Waals surface area (Å²) in [5.41, 5.74) is 2.67. The first-order valence-corrected chi connectivity index (χ1v) is 8.64. The third-order valence-corrected chi connectivity index (χ3v) is 4.22. The molecular weight excluding hydrogens is 358 g/mol. The highest BCUT2D eigenvalue weighted by Gasteiger charge is 2.16. The van der Waals surface area contributed by atoms with Crippen molar-refractivity contribution in [1.82, 2.24) is 15.2 Å². The van der Waals surface area contributed by atoms with Gasteiger partial charge in [-0.1, -0.05) is 18.2 Å². The van der Waals surface area contributed by atoms with E-state index in [0.29, 0.717) is 28.1 Å². The molecule has 0 aliphatic heterocycles. The van der Waals surface area contributed by atoms with Crippen LogP contribution in [0.2, 0.25) is 0 Å². The van der Waals surface area contributed by atoms with E-state index in [9.17, 15) is 4.79 Å². The van der Waals surface area contributed by atoms with Crippen LogP contribution in [-0.2, 0) is 11.3 Å². The van der Waals surface area contributed by atoms with Crippen molar-refractivity contribution < 1.29 is 18.7 Å². The Balaban J connectivity index is 1.70. The number of ether oxygens (including phenoxy) is 2. The van der Waals surface area contributed by atoms with Gasteiger partial charge in [-0.15, -0.1) is 10.2 Å². The molecule has 0 saturated carbocycles. The van der Waals surface area contributed by atoms with E-state index in [1.54, 1.807) is 20.1 Å². The average Bonchev–Trinajstić information content (AvgIpc) is 3.16. The van der Waals surface area contributed by atoms with Crippen molar-refractivity contribution in [3.8, 4) is 17.0 Å². The highest BCUT2D eigenvalue weighted by molar-refractivity contribution is 6.04. The topological polar surface area (TPSA) is 87.3 Å². The van der Waals surface area contributed by atoms with Gasteiger partial charge >= 0.3 is 5.97 Å². The molecule has 4 aromatic rings. The molecule has 0 unspecified atom stereocenters. The number of benzene rings is 2. The normalized spacial score (nSPS) is 10.8. The Morgan fingerprint density at radius 2 is 1.86 bits per heavy atom. The number of nitrogens with zero attached hydrogens (tertiary/aromatic N) is 3. The fourth-order valence-electron chi connectivity index (χ4n) is 2.85. The van der Waals surface area contributed by atoms with Gasteiger partial charge in [-0.25, -0.2) is 9.78 Å². The quantitative estimate of drug-likeness (QED) is 0.488. The molecule has 0 aliphatic rings. The summed E-state index contributed by atoms with van der Waals surface area (Å²) in [4.78, 5) is 17.4. The van der Waals surface area contributed by atoms with Crippen molar-refractivity contribution in [2.75, 3.05) is 7.11 Å². The van der Waals surface area contributed by atoms with Gasteiger partial charge in [0.25, 0.3) is 5.89 Å². The van der Waals surface area contributed by atoms with Crippen LogP contribution in [0.4, 0.5) is 0 Å². The van der Waals surface area contributed by atoms with Gasteiger partial charge in [0.2, 0.25) is 5.89 Å². The SMILES string of the molecule is COc1ccc(-c2cc(C(=O)OCc3nnc(C)o3)c3ccccc3n2)cc1. The molecule has 0 amide bonds. The fraction of sp³-hybridized carbons (Fsp3) is 0.143. The van der Waals surface area contributed by atoms with E-state index in [1.807, 2.05) is 48.5 Å². The Labute approximate surface area is 160 Å². The van der Waals surface area contributed by atoms with E-state index in [-0.39, 0.29) is 12.5 Å². The van der Waals surface area contributed by atoms with Crippen LogP contribution < -0.4 is 4.74 Å². The maximum Gasteiger partial charge on any atom is 0.339 e. The zero-order valence-electron chi connectivity index (χ0n) is 15.4. The molecule has 2 aromatic carbocycles. The predicted octanol–water partition coefficient (Wildman–Crippen LogP) is 3.96. The Hall–Kier alpha value is -3.74. The molecule has 0 atom stereocenters. The maximum atomic E-state index is 12.8. The van der Waals surface area contributed by atoms with Crippen LogP contribution in [-0.4, -0.2) is 28.3 Å². The first kappa shape index (κ1) is 17.7. The molecule has 140 valence electrons. The first-order chi connectivity index (χ1) is 13.6. The number of carbonyl (C=O) groups is 1. The van der Waals surface area contributed by atoms with Crippen LogP contribution in [0.3, 0.4) is 0 Å². The number of hydrogen-bond donors (Lipinski definition) is 0. The Morgan fingerprint density at radius 3 is 2.57 bits per heavy atom. The minimum Gasteiger partial charge on any atom is -0.497 e. The summed E-state index contributed by atoms with van der Waals surface area (Å²) in [6.07, 6.45) is 0. The number of esters is 1. The van der Waals surface area contributed by atoms with Crippen LogP contribution >= 0.6 is 0 Å². The molecule has 0 radical (unpaired) electrons. The second kappa shape index (κ2) is 7.48. The number of aromatic nitrogens is 3. The predicted molar refractivity (Wildman–Crippen MR) is 102 cm³/mol. The number of methoxy groups -OCH3 is 1. The molecule has 28 heavy (non-hydrogen) atoms. The monoisotopic (exact) mass is 375 g/mol. The number of pyridine rings is 1. The van der Waals surface area contributed by atoms with Gasteiger partial charge in [0.05, 0.1) is 23.9 Å². The van der Waals surface area contributed by atoms with Crippen LogP contribution in [0.15, 0.2) is 59.0 Å². The zero-order chi connectivity index (χ0) is 19.5. The minimum atomic E-state index is -0.482. The summed E-state index contributed by atoms with van der Waals surface area (Å²) < 4.78 is 15.8. The van der Waals surface area contributed by atoms with Gasteiger partial charge < -0.3 is 13.9 Å². The third-order valence-electron chi connectivity index (χ3n) is 4.22. The Kier molecular flexibility index (Phi) is 4.72. The van der Waals surface area contributed by atoms with Gasteiger partial charge in [0.1, 0.15) is 5.75 Å². The minimum absolute atomic E-state index is 0.0891. The van der Waals surface area contributed by atoms with Crippen molar-refractivity contribution in [1.29, 1.82) is 0 Å². The largest absolute Gasteiger partial charge is 0.497 e. The Bertz CT molecular complexity index is 1140. The molecule has 4 rings (SSSR count). The number of carbonyl (C=O) groups excluding carboxylic acids is 1. The van der Waals surface area contributed by atoms with Crippen LogP contribution in [0.5, 0.6) is 5.75 Å². The second-order valence-corrected chi connectivity index (χ2v) is 6.09. The molecule has 0 bridgehead atoms.